The molecule has 0 unspecified atom stereocenters. The molecule has 0 radical (unpaired) electrons. The van der Waals surface area contributed by atoms with Crippen molar-refractivity contribution in [2.75, 3.05) is 0 Å². The normalized spacial score (nSPS) is 11.5. The van der Waals surface area contributed by atoms with Crippen molar-refractivity contribution in [3.63, 3.8) is 0 Å². The molecule has 0 N–H and O–H groups in total. The first-order valence-corrected chi connectivity index (χ1v) is 7.04. The summed E-state index contributed by atoms with van der Waals surface area (Å²) in [7, 11) is -2.46. The van der Waals surface area contributed by atoms with E-state index in [1.165, 1.54) is 37.6 Å². The molecular formula is C12H11FN2O3S. The van der Waals surface area contributed by atoms with Gasteiger partial charge in [-0.25, -0.2) is 17.8 Å². The summed E-state index contributed by atoms with van der Waals surface area (Å²) < 4.78 is 38.3. The Hall–Kier alpha value is -2.02. The van der Waals surface area contributed by atoms with Crippen LogP contribution < -0.4 is 5.56 Å². The van der Waals surface area contributed by atoms with Crippen LogP contribution in [0.25, 0.3) is 0 Å². The summed E-state index contributed by atoms with van der Waals surface area (Å²) in [5.41, 5.74) is -0.424. The highest BCUT2D eigenvalue weighted by atomic mass is 32.2. The molecule has 0 aliphatic heterocycles. The van der Waals surface area contributed by atoms with E-state index in [4.69, 9.17) is 0 Å². The fourth-order valence-electron chi connectivity index (χ4n) is 1.60. The van der Waals surface area contributed by atoms with Crippen LogP contribution in [0.2, 0.25) is 0 Å². The Bertz CT molecular complexity index is 769. The van der Waals surface area contributed by atoms with E-state index in [0.717, 1.165) is 10.6 Å². The second-order valence-corrected chi connectivity index (χ2v) is 5.94. The first-order chi connectivity index (χ1) is 8.90. The number of aromatic nitrogens is 2. The van der Waals surface area contributed by atoms with Gasteiger partial charge in [-0.15, -0.1) is 0 Å². The molecule has 0 atom stereocenters. The third-order valence-electron chi connectivity index (χ3n) is 2.53. The van der Waals surface area contributed by atoms with E-state index < -0.39 is 32.0 Å². The van der Waals surface area contributed by atoms with Crippen molar-refractivity contribution in [3.05, 3.63) is 58.4 Å². The van der Waals surface area contributed by atoms with Gasteiger partial charge in [-0.1, -0.05) is 12.1 Å². The van der Waals surface area contributed by atoms with E-state index in [-0.39, 0.29) is 5.56 Å². The smallest absolute Gasteiger partial charge is 0.288 e. The topological polar surface area (TPSA) is 69.0 Å². The number of hydrogen-bond donors (Lipinski definition) is 0. The lowest BCUT2D eigenvalue weighted by Gasteiger charge is -2.04. The van der Waals surface area contributed by atoms with E-state index in [2.05, 4.69) is 4.98 Å². The summed E-state index contributed by atoms with van der Waals surface area (Å²) in [5.74, 6) is -0.988. The minimum atomic E-state index is -3.89. The zero-order valence-electron chi connectivity index (χ0n) is 10.1. The van der Waals surface area contributed by atoms with Crippen molar-refractivity contribution < 1.29 is 12.8 Å². The summed E-state index contributed by atoms with van der Waals surface area (Å²) in [4.78, 5) is 15.3. The predicted octanol–water partition coefficient (Wildman–Crippen LogP) is 0.893. The largest absolute Gasteiger partial charge is 0.315 e. The molecule has 2 aromatic rings. The maximum Gasteiger partial charge on any atom is 0.288 e. The Kier molecular flexibility index (Phi) is 3.48. The number of aryl methyl sites for hydroxylation is 1. The van der Waals surface area contributed by atoms with Gasteiger partial charge in [0.2, 0.25) is 14.9 Å². The summed E-state index contributed by atoms with van der Waals surface area (Å²) in [6.45, 7) is 0. The minimum absolute atomic E-state index is 0.271. The predicted molar refractivity (Wildman–Crippen MR) is 66.8 cm³/mol. The molecule has 0 amide bonds. The molecule has 0 saturated heterocycles. The van der Waals surface area contributed by atoms with Crippen LogP contribution in [0.3, 0.4) is 0 Å². The lowest BCUT2D eigenvalue weighted by Crippen LogP contribution is -2.25. The van der Waals surface area contributed by atoms with E-state index >= 15 is 0 Å². The summed E-state index contributed by atoms with van der Waals surface area (Å²) in [6, 6.07) is 5.23. The Morgan fingerprint density at radius 3 is 2.79 bits per heavy atom. The highest BCUT2D eigenvalue weighted by Gasteiger charge is 2.21. The second-order valence-electron chi connectivity index (χ2n) is 4.04. The summed E-state index contributed by atoms with van der Waals surface area (Å²) in [5, 5.41) is -0.526. The Morgan fingerprint density at radius 1 is 1.37 bits per heavy atom. The van der Waals surface area contributed by atoms with Gasteiger partial charge in [0.15, 0.2) is 0 Å². The van der Waals surface area contributed by atoms with Crippen molar-refractivity contribution in [2.45, 2.75) is 10.8 Å². The minimum Gasteiger partial charge on any atom is -0.315 e. The number of nitrogens with zero attached hydrogens (tertiary/aromatic N) is 2. The quantitative estimate of drug-likeness (QED) is 0.838. The summed E-state index contributed by atoms with van der Waals surface area (Å²) >= 11 is 0. The van der Waals surface area contributed by atoms with Crippen LogP contribution in [-0.4, -0.2) is 18.0 Å². The van der Waals surface area contributed by atoms with Gasteiger partial charge >= 0.3 is 0 Å². The van der Waals surface area contributed by atoms with E-state index in [9.17, 15) is 17.6 Å². The van der Waals surface area contributed by atoms with Gasteiger partial charge in [0.05, 0.1) is 5.75 Å². The molecule has 1 aromatic carbocycles. The van der Waals surface area contributed by atoms with Crippen molar-refractivity contribution >= 4 is 9.84 Å². The maximum atomic E-state index is 13.0. The molecular weight excluding hydrogens is 271 g/mol. The molecule has 0 saturated carbocycles. The van der Waals surface area contributed by atoms with Gasteiger partial charge in [-0.2, -0.15) is 0 Å². The van der Waals surface area contributed by atoms with Gasteiger partial charge in [0.1, 0.15) is 5.82 Å². The maximum absolute atomic E-state index is 13.0. The van der Waals surface area contributed by atoms with Gasteiger partial charge in [-0.3, -0.25) is 4.79 Å². The molecule has 7 heteroatoms. The Balaban J connectivity index is 2.44. The van der Waals surface area contributed by atoms with Crippen LogP contribution in [0.4, 0.5) is 4.39 Å². The van der Waals surface area contributed by atoms with Gasteiger partial charge < -0.3 is 4.57 Å². The molecule has 1 heterocycles. The number of halogens is 1. The second kappa shape index (κ2) is 4.93. The molecule has 0 bridgehead atoms. The average molecular weight is 282 g/mol. The molecule has 2 rings (SSSR count). The number of benzene rings is 1. The van der Waals surface area contributed by atoms with E-state index in [1.807, 2.05) is 0 Å². The lowest BCUT2D eigenvalue weighted by atomic mass is 10.2. The van der Waals surface area contributed by atoms with Crippen molar-refractivity contribution in [1.82, 2.24) is 9.55 Å². The van der Waals surface area contributed by atoms with Crippen molar-refractivity contribution in [1.29, 1.82) is 0 Å². The van der Waals surface area contributed by atoms with Crippen LogP contribution in [0, 0.1) is 5.82 Å². The van der Waals surface area contributed by atoms with Crippen molar-refractivity contribution in [2.24, 2.45) is 7.05 Å². The van der Waals surface area contributed by atoms with Crippen LogP contribution >= 0.6 is 0 Å². The van der Waals surface area contributed by atoms with E-state index in [0.29, 0.717) is 0 Å². The standard InChI is InChI=1S/C12H11FN2O3S/c1-15-6-5-14-11(12(15)16)19(17,18)8-9-3-2-4-10(13)7-9/h2-7H,8H2,1H3. The molecule has 0 aliphatic carbocycles. The fourth-order valence-corrected chi connectivity index (χ4v) is 2.99. The van der Waals surface area contributed by atoms with E-state index in [1.54, 1.807) is 0 Å². The monoisotopic (exact) mass is 282 g/mol. The van der Waals surface area contributed by atoms with Gasteiger partial charge in [-0.05, 0) is 17.7 Å². The average Bonchev–Trinajstić information content (AvgIpc) is 2.32. The third-order valence-corrected chi connectivity index (χ3v) is 4.11. The number of hydrogen-bond acceptors (Lipinski definition) is 4. The van der Waals surface area contributed by atoms with Crippen LogP contribution in [0.5, 0.6) is 0 Å². The molecule has 100 valence electrons. The number of rotatable bonds is 3. The van der Waals surface area contributed by atoms with Gasteiger partial charge in [0, 0.05) is 19.4 Å². The summed E-state index contributed by atoms with van der Waals surface area (Å²) in [6.07, 6.45) is 2.60. The zero-order chi connectivity index (χ0) is 14.0. The zero-order valence-corrected chi connectivity index (χ0v) is 10.9. The third kappa shape index (κ3) is 2.87. The van der Waals surface area contributed by atoms with Crippen LogP contribution in [0.15, 0.2) is 46.5 Å². The first-order valence-electron chi connectivity index (χ1n) is 5.39. The highest BCUT2D eigenvalue weighted by Crippen LogP contribution is 2.12. The molecule has 1 aromatic heterocycles. The SMILES string of the molecule is Cn1ccnc(S(=O)(=O)Cc2cccc(F)c2)c1=O. The highest BCUT2D eigenvalue weighted by molar-refractivity contribution is 7.90. The Labute approximate surface area is 109 Å². The first kappa shape index (κ1) is 13.4. The molecule has 0 aliphatic rings. The Morgan fingerprint density at radius 2 is 2.11 bits per heavy atom. The molecule has 0 spiro atoms. The van der Waals surface area contributed by atoms with Crippen LogP contribution in [0.1, 0.15) is 5.56 Å². The fraction of sp³-hybridized carbons (Fsp3) is 0.167. The molecule has 0 fully saturated rings. The van der Waals surface area contributed by atoms with Gasteiger partial charge in [0.25, 0.3) is 5.56 Å². The van der Waals surface area contributed by atoms with Crippen molar-refractivity contribution in [3.8, 4) is 0 Å². The molecule has 19 heavy (non-hydrogen) atoms. The number of sulfone groups is 1. The van der Waals surface area contributed by atoms with Crippen LogP contribution in [-0.2, 0) is 22.6 Å². The molecule has 5 nitrogen and oxygen atoms in total. The lowest BCUT2D eigenvalue weighted by molar-refractivity contribution is 0.586.